The van der Waals surface area contributed by atoms with Crippen molar-refractivity contribution in [3.63, 3.8) is 0 Å². The van der Waals surface area contributed by atoms with Gasteiger partial charge in [-0.15, -0.1) is 0 Å². The number of benzene rings is 1. The quantitative estimate of drug-likeness (QED) is 0.701. The zero-order valence-corrected chi connectivity index (χ0v) is 15.5. The van der Waals surface area contributed by atoms with E-state index in [9.17, 15) is 9.59 Å². The molecule has 0 aliphatic heterocycles. The third-order valence-electron chi connectivity index (χ3n) is 4.54. The van der Waals surface area contributed by atoms with Crippen LogP contribution in [0.2, 0.25) is 0 Å². The van der Waals surface area contributed by atoms with E-state index in [1.54, 1.807) is 24.4 Å². The van der Waals surface area contributed by atoms with Gasteiger partial charge in [0.25, 0.3) is 5.91 Å². The van der Waals surface area contributed by atoms with Gasteiger partial charge in [-0.25, -0.2) is 9.97 Å². The third-order valence-corrected chi connectivity index (χ3v) is 4.54. The van der Waals surface area contributed by atoms with Crippen molar-refractivity contribution in [3.05, 3.63) is 42.2 Å². The zero-order valence-electron chi connectivity index (χ0n) is 15.5. The standard InChI is InChI=1S/C20H25N5O2/c1-14(26)22-16-8-10-17(11-9-16)24-20-21-13-12-18(25-20)19(27)23-15-6-4-2-3-5-7-15/h8-13,15H,2-7H2,1H3,(H,22,26)(H,23,27)(H,21,24,25). The van der Waals surface area contributed by atoms with Crippen molar-refractivity contribution in [3.8, 4) is 0 Å². The molecule has 1 aromatic heterocycles. The number of amides is 2. The van der Waals surface area contributed by atoms with Crippen molar-refractivity contribution in [2.75, 3.05) is 10.6 Å². The fraction of sp³-hybridized carbons (Fsp3) is 0.400. The van der Waals surface area contributed by atoms with E-state index in [1.165, 1.54) is 19.8 Å². The molecule has 0 saturated heterocycles. The van der Waals surface area contributed by atoms with E-state index in [-0.39, 0.29) is 17.9 Å². The highest BCUT2D eigenvalue weighted by Crippen LogP contribution is 2.18. The summed E-state index contributed by atoms with van der Waals surface area (Å²) in [5.41, 5.74) is 1.84. The van der Waals surface area contributed by atoms with E-state index in [0.717, 1.165) is 31.4 Å². The lowest BCUT2D eigenvalue weighted by Crippen LogP contribution is -2.35. The Morgan fingerprint density at radius 1 is 0.963 bits per heavy atom. The largest absolute Gasteiger partial charge is 0.348 e. The van der Waals surface area contributed by atoms with Crippen molar-refractivity contribution in [1.82, 2.24) is 15.3 Å². The third kappa shape index (κ3) is 5.77. The second-order valence-corrected chi connectivity index (χ2v) is 6.81. The van der Waals surface area contributed by atoms with Crippen molar-refractivity contribution >= 4 is 29.1 Å². The molecule has 3 N–H and O–H groups in total. The molecular formula is C20H25N5O2. The number of carbonyl (C=O) groups is 2. The molecule has 142 valence electrons. The molecule has 1 aliphatic rings. The molecule has 1 aromatic carbocycles. The number of rotatable bonds is 5. The molecular weight excluding hydrogens is 342 g/mol. The topological polar surface area (TPSA) is 96.0 Å². The summed E-state index contributed by atoms with van der Waals surface area (Å²) in [6.45, 7) is 1.46. The minimum absolute atomic E-state index is 0.119. The predicted octanol–water partition coefficient (Wildman–Crippen LogP) is 3.63. The molecule has 1 heterocycles. The van der Waals surface area contributed by atoms with Crippen LogP contribution in [0.4, 0.5) is 17.3 Å². The summed E-state index contributed by atoms with van der Waals surface area (Å²) < 4.78 is 0. The minimum Gasteiger partial charge on any atom is -0.348 e. The van der Waals surface area contributed by atoms with E-state index in [0.29, 0.717) is 17.3 Å². The summed E-state index contributed by atoms with van der Waals surface area (Å²) in [5, 5.41) is 8.89. The first-order valence-corrected chi connectivity index (χ1v) is 9.39. The van der Waals surface area contributed by atoms with E-state index in [4.69, 9.17) is 0 Å². The highest BCUT2D eigenvalue weighted by Gasteiger charge is 2.17. The number of nitrogens with one attached hydrogen (secondary N) is 3. The molecule has 7 heteroatoms. The Labute approximate surface area is 159 Å². The monoisotopic (exact) mass is 367 g/mol. The average molecular weight is 367 g/mol. The number of hydrogen-bond donors (Lipinski definition) is 3. The fourth-order valence-electron chi connectivity index (χ4n) is 3.20. The summed E-state index contributed by atoms with van der Waals surface area (Å²) in [5.74, 6) is 0.0792. The lowest BCUT2D eigenvalue weighted by Gasteiger charge is -2.16. The molecule has 0 bridgehead atoms. The van der Waals surface area contributed by atoms with Crippen LogP contribution in [0.3, 0.4) is 0 Å². The zero-order chi connectivity index (χ0) is 19.1. The van der Waals surface area contributed by atoms with Crippen molar-refractivity contribution < 1.29 is 9.59 Å². The maximum atomic E-state index is 12.5. The molecule has 1 saturated carbocycles. The van der Waals surface area contributed by atoms with Gasteiger partial charge in [0.2, 0.25) is 11.9 Å². The van der Waals surface area contributed by atoms with Gasteiger partial charge in [-0.1, -0.05) is 25.7 Å². The van der Waals surface area contributed by atoms with Gasteiger partial charge in [0.1, 0.15) is 5.69 Å². The predicted molar refractivity (Wildman–Crippen MR) is 105 cm³/mol. The molecule has 0 radical (unpaired) electrons. The minimum atomic E-state index is -0.159. The first-order chi connectivity index (χ1) is 13.1. The van der Waals surface area contributed by atoms with Gasteiger partial charge >= 0.3 is 0 Å². The second kappa shape index (κ2) is 9.12. The van der Waals surface area contributed by atoms with E-state index < -0.39 is 0 Å². The van der Waals surface area contributed by atoms with Crippen LogP contribution in [-0.4, -0.2) is 27.8 Å². The molecule has 3 rings (SSSR count). The van der Waals surface area contributed by atoms with E-state index >= 15 is 0 Å². The summed E-state index contributed by atoms with van der Waals surface area (Å²) in [4.78, 5) is 32.1. The Kier molecular flexibility index (Phi) is 6.35. The normalized spacial score (nSPS) is 14.9. The van der Waals surface area contributed by atoms with Crippen molar-refractivity contribution in [2.45, 2.75) is 51.5 Å². The van der Waals surface area contributed by atoms with Crippen LogP contribution in [-0.2, 0) is 4.79 Å². The fourth-order valence-corrected chi connectivity index (χ4v) is 3.20. The van der Waals surface area contributed by atoms with Crippen molar-refractivity contribution in [2.24, 2.45) is 0 Å². The van der Waals surface area contributed by atoms with Gasteiger partial charge < -0.3 is 16.0 Å². The Hall–Kier alpha value is -2.96. The van der Waals surface area contributed by atoms with E-state index in [2.05, 4.69) is 25.9 Å². The molecule has 27 heavy (non-hydrogen) atoms. The average Bonchev–Trinajstić information content (AvgIpc) is 2.92. The summed E-state index contributed by atoms with van der Waals surface area (Å²) in [6.07, 6.45) is 8.45. The van der Waals surface area contributed by atoms with Crippen molar-refractivity contribution in [1.29, 1.82) is 0 Å². The van der Waals surface area contributed by atoms with Gasteiger partial charge in [0.05, 0.1) is 0 Å². The first kappa shape index (κ1) is 18.8. The Morgan fingerprint density at radius 2 is 1.63 bits per heavy atom. The SMILES string of the molecule is CC(=O)Nc1ccc(Nc2nccc(C(=O)NC3CCCCCC3)n2)cc1. The number of hydrogen-bond acceptors (Lipinski definition) is 5. The second-order valence-electron chi connectivity index (χ2n) is 6.81. The molecule has 1 aliphatic carbocycles. The molecule has 7 nitrogen and oxygen atoms in total. The van der Waals surface area contributed by atoms with Crippen LogP contribution in [0.5, 0.6) is 0 Å². The van der Waals surface area contributed by atoms with Gasteiger partial charge in [0.15, 0.2) is 0 Å². The van der Waals surface area contributed by atoms with Crippen LogP contribution < -0.4 is 16.0 Å². The smallest absolute Gasteiger partial charge is 0.270 e. The number of anilines is 3. The molecule has 0 unspecified atom stereocenters. The van der Waals surface area contributed by atoms with Crippen LogP contribution in [0.1, 0.15) is 55.9 Å². The summed E-state index contributed by atoms with van der Waals surface area (Å²) in [6, 6.07) is 9.04. The molecule has 0 atom stereocenters. The maximum Gasteiger partial charge on any atom is 0.270 e. The molecule has 2 amide bonds. The van der Waals surface area contributed by atoms with Gasteiger partial charge in [-0.2, -0.15) is 0 Å². The lowest BCUT2D eigenvalue weighted by molar-refractivity contribution is -0.114. The summed E-state index contributed by atoms with van der Waals surface area (Å²) >= 11 is 0. The van der Waals surface area contributed by atoms with Gasteiger partial charge in [0, 0.05) is 30.5 Å². The molecule has 0 spiro atoms. The highest BCUT2D eigenvalue weighted by molar-refractivity contribution is 5.92. The van der Waals surface area contributed by atoms with Gasteiger partial charge in [-0.3, -0.25) is 9.59 Å². The highest BCUT2D eigenvalue weighted by atomic mass is 16.2. The first-order valence-electron chi connectivity index (χ1n) is 9.39. The van der Waals surface area contributed by atoms with Crippen LogP contribution >= 0.6 is 0 Å². The Morgan fingerprint density at radius 3 is 2.30 bits per heavy atom. The number of nitrogens with zero attached hydrogens (tertiary/aromatic N) is 2. The van der Waals surface area contributed by atoms with Crippen LogP contribution in [0.25, 0.3) is 0 Å². The van der Waals surface area contributed by atoms with Crippen LogP contribution in [0, 0.1) is 0 Å². The molecule has 2 aromatic rings. The Balaban J connectivity index is 1.62. The lowest BCUT2D eigenvalue weighted by atomic mass is 10.1. The van der Waals surface area contributed by atoms with Crippen LogP contribution in [0.15, 0.2) is 36.5 Å². The Bertz CT molecular complexity index is 783. The number of carbonyl (C=O) groups excluding carboxylic acids is 2. The van der Waals surface area contributed by atoms with E-state index in [1.807, 2.05) is 12.1 Å². The summed E-state index contributed by atoms with van der Waals surface area (Å²) in [7, 11) is 0. The van der Waals surface area contributed by atoms with Gasteiger partial charge in [-0.05, 0) is 43.2 Å². The number of aromatic nitrogens is 2. The molecule has 1 fully saturated rings. The maximum absolute atomic E-state index is 12.5.